The molecule has 0 rings (SSSR count). The molecule has 0 saturated heterocycles. The lowest BCUT2D eigenvalue weighted by molar-refractivity contribution is -0.148. The third-order valence-electron chi connectivity index (χ3n) is 3.54. The maximum absolute atomic E-state index is 11.7. The van der Waals surface area contributed by atoms with Crippen molar-refractivity contribution in [3.8, 4) is 0 Å². The third-order valence-corrected chi connectivity index (χ3v) is 3.54. The molecule has 1 N–H and O–H groups in total. The fraction of sp³-hybridized carbons (Fsp3) is 0.929. The number of hydrogen-bond acceptors (Lipinski definition) is 5. The van der Waals surface area contributed by atoms with Crippen LogP contribution in [0.3, 0.4) is 0 Å². The minimum Gasteiger partial charge on any atom is -0.468 e. The van der Waals surface area contributed by atoms with E-state index in [1.165, 1.54) is 7.11 Å². The summed E-state index contributed by atoms with van der Waals surface area (Å²) in [5.41, 5.74) is -0.566. The maximum atomic E-state index is 11.7. The van der Waals surface area contributed by atoms with Crippen LogP contribution >= 0.6 is 0 Å². The Morgan fingerprint density at radius 3 is 2.37 bits per heavy atom. The molecule has 5 heteroatoms. The highest BCUT2D eigenvalue weighted by Crippen LogP contribution is 2.15. The van der Waals surface area contributed by atoms with Gasteiger partial charge in [0, 0.05) is 20.3 Å². The van der Waals surface area contributed by atoms with Crippen molar-refractivity contribution in [3.05, 3.63) is 0 Å². The minimum atomic E-state index is -0.566. The molecule has 0 aliphatic heterocycles. The van der Waals surface area contributed by atoms with Crippen molar-refractivity contribution in [2.45, 2.75) is 38.1 Å². The second kappa shape index (κ2) is 10.2. The Morgan fingerprint density at radius 2 is 1.84 bits per heavy atom. The molecule has 0 fully saturated rings. The molecule has 0 bridgehead atoms. The van der Waals surface area contributed by atoms with Crippen molar-refractivity contribution < 1.29 is 14.3 Å². The summed E-state index contributed by atoms with van der Waals surface area (Å²) in [4.78, 5) is 14.0. The topological polar surface area (TPSA) is 50.8 Å². The van der Waals surface area contributed by atoms with Gasteiger partial charge in [0.2, 0.25) is 0 Å². The van der Waals surface area contributed by atoms with E-state index < -0.39 is 5.54 Å². The summed E-state index contributed by atoms with van der Waals surface area (Å²) in [5.74, 6) is -0.191. The lowest BCUT2D eigenvalue weighted by Crippen LogP contribution is -2.48. The predicted molar refractivity (Wildman–Crippen MR) is 77.3 cm³/mol. The number of likely N-dealkylation sites (N-methyl/N-ethyl adjacent to an activating group) is 1. The van der Waals surface area contributed by atoms with Gasteiger partial charge >= 0.3 is 5.97 Å². The van der Waals surface area contributed by atoms with E-state index in [-0.39, 0.29) is 5.97 Å². The second-order valence-electron chi connectivity index (χ2n) is 5.18. The van der Waals surface area contributed by atoms with Gasteiger partial charge in [-0.25, -0.2) is 0 Å². The fourth-order valence-electron chi connectivity index (χ4n) is 2.01. The van der Waals surface area contributed by atoms with Gasteiger partial charge in [0.1, 0.15) is 5.54 Å². The van der Waals surface area contributed by atoms with Crippen LogP contribution in [0.4, 0.5) is 0 Å². The van der Waals surface area contributed by atoms with Crippen LogP contribution in [-0.4, -0.2) is 64.4 Å². The fourth-order valence-corrected chi connectivity index (χ4v) is 2.01. The summed E-state index contributed by atoms with van der Waals surface area (Å²) in [6.07, 6.45) is 3.93. The summed E-state index contributed by atoms with van der Waals surface area (Å²) < 4.78 is 9.85. The standard InChI is InChI=1S/C14H30N2O3/c1-14(15-2,13(17)19-5)9-6-7-10-16(3)11-8-12-18-4/h15H,6-12H2,1-5H3. The number of nitrogens with one attached hydrogen (secondary N) is 1. The van der Waals surface area contributed by atoms with E-state index in [0.717, 1.165) is 45.4 Å². The summed E-state index contributed by atoms with van der Waals surface area (Å²) in [5, 5.41) is 3.05. The smallest absolute Gasteiger partial charge is 0.325 e. The molecule has 0 aliphatic rings. The van der Waals surface area contributed by atoms with Crippen LogP contribution in [-0.2, 0) is 14.3 Å². The SMILES string of the molecule is CNC(C)(CCCCN(C)CCCOC)C(=O)OC. The van der Waals surface area contributed by atoms with Gasteiger partial charge in [-0.05, 0) is 53.2 Å². The Hall–Kier alpha value is -0.650. The van der Waals surface area contributed by atoms with E-state index in [0.29, 0.717) is 0 Å². The van der Waals surface area contributed by atoms with Crippen LogP contribution in [0.15, 0.2) is 0 Å². The summed E-state index contributed by atoms with van der Waals surface area (Å²) in [6, 6.07) is 0. The first-order valence-corrected chi connectivity index (χ1v) is 6.95. The zero-order valence-electron chi connectivity index (χ0n) is 13.1. The van der Waals surface area contributed by atoms with E-state index in [4.69, 9.17) is 9.47 Å². The van der Waals surface area contributed by atoms with Gasteiger partial charge in [-0.3, -0.25) is 4.79 Å². The Balaban J connectivity index is 3.80. The lowest BCUT2D eigenvalue weighted by Gasteiger charge is -2.26. The van der Waals surface area contributed by atoms with Crippen molar-refractivity contribution in [3.63, 3.8) is 0 Å². The average Bonchev–Trinajstić information content (AvgIpc) is 2.42. The Morgan fingerprint density at radius 1 is 1.21 bits per heavy atom. The van der Waals surface area contributed by atoms with Crippen molar-refractivity contribution >= 4 is 5.97 Å². The van der Waals surface area contributed by atoms with E-state index in [9.17, 15) is 4.79 Å². The lowest BCUT2D eigenvalue weighted by atomic mass is 9.95. The van der Waals surface area contributed by atoms with Gasteiger partial charge in [-0.15, -0.1) is 0 Å². The molecule has 1 unspecified atom stereocenters. The van der Waals surface area contributed by atoms with Gasteiger partial charge in [0.05, 0.1) is 7.11 Å². The molecule has 0 heterocycles. The molecule has 0 aromatic heterocycles. The van der Waals surface area contributed by atoms with E-state index in [1.54, 1.807) is 14.2 Å². The Bertz CT molecular complexity index is 249. The average molecular weight is 274 g/mol. The normalized spacial score (nSPS) is 14.4. The van der Waals surface area contributed by atoms with Crippen LogP contribution < -0.4 is 5.32 Å². The number of rotatable bonds is 11. The Labute approximate surface area is 117 Å². The van der Waals surface area contributed by atoms with Crippen LogP contribution in [0, 0.1) is 0 Å². The molecule has 1 atom stereocenters. The van der Waals surface area contributed by atoms with Crippen molar-refractivity contribution in [2.24, 2.45) is 0 Å². The molecule has 0 aromatic carbocycles. The first-order chi connectivity index (χ1) is 9.00. The molecule has 0 saturated carbocycles. The van der Waals surface area contributed by atoms with E-state index >= 15 is 0 Å². The highest BCUT2D eigenvalue weighted by molar-refractivity contribution is 5.80. The predicted octanol–water partition coefficient (Wildman–Crippen LogP) is 1.28. The number of carbonyl (C=O) groups excluding carboxylic acids is 1. The molecule has 19 heavy (non-hydrogen) atoms. The highest BCUT2D eigenvalue weighted by atomic mass is 16.5. The van der Waals surface area contributed by atoms with E-state index in [1.807, 2.05) is 6.92 Å². The molecule has 0 amide bonds. The minimum absolute atomic E-state index is 0.191. The van der Waals surface area contributed by atoms with Gasteiger partial charge in [-0.1, -0.05) is 0 Å². The molecular formula is C14H30N2O3. The zero-order chi connectivity index (χ0) is 14.7. The molecule has 0 radical (unpaired) electrons. The molecule has 5 nitrogen and oxygen atoms in total. The third kappa shape index (κ3) is 7.50. The summed E-state index contributed by atoms with van der Waals surface area (Å²) in [6.45, 7) is 4.80. The van der Waals surface area contributed by atoms with Crippen molar-refractivity contribution in [2.75, 3.05) is 48.0 Å². The first kappa shape index (κ1) is 18.4. The van der Waals surface area contributed by atoms with Crippen LogP contribution in [0.25, 0.3) is 0 Å². The van der Waals surface area contributed by atoms with Gasteiger partial charge in [0.25, 0.3) is 0 Å². The molecular weight excluding hydrogens is 244 g/mol. The number of unbranched alkanes of at least 4 members (excludes halogenated alkanes) is 1. The second-order valence-corrected chi connectivity index (χ2v) is 5.18. The van der Waals surface area contributed by atoms with Gasteiger partial charge < -0.3 is 19.7 Å². The number of esters is 1. The largest absolute Gasteiger partial charge is 0.468 e. The Kier molecular flexibility index (Phi) is 9.83. The first-order valence-electron chi connectivity index (χ1n) is 6.95. The zero-order valence-corrected chi connectivity index (χ0v) is 13.1. The van der Waals surface area contributed by atoms with Crippen LogP contribution in [0.5, 0.6) is 0 Å². The number of hydrogen-bond donors (Lipinski definition) is 1. The highest BCUT2D eigenvalue weighted by Gasteiger charge is 2.31. The van der Waals surface area contributed by atoms with Crippen LogP contribution in [0.1, 0.15) is 32.6 Å². The number of ether oxygens (including phenoxy) is 2. The van der Waals surface area contributed by atoms with Gasteiger partial charge in [0.15, 0.2) is 0 Å². The van der Waals surface area contributed by atoms with Gasteiger partial charge in [-0.2, -0.15) is 0 Å². The summed E-state index contributed by atoms with van der Waals surface area (Å²) >= 11 is 0. The van der Waals surface area contributed by atoms with Crippen molar-refractivity contribution in [1.29, 1.82) is 0 Å². The maximum Gasteiger partial charge on any atom is 0.325 e. The van der Waals surface area contributed by atoms with E-state index in [2.05, 4.69) is 17.3 Å². The molecule has 114 valence electrons. The number of nitrogens with zero attached hydrogens (tertiary/aromatic N) is 1. The van der Waals surface area contributed by atoms with Crippen molar-refractivity contribution in [1.82, 2.24) is 10.2 Å². The monoisotopic (exact) mass is 274 g/mol. The molecule has 0 aromatic rings. The molecule has 0 spiro atoms. The van der Waals surface area contributed by atoms with Crippen LogP contribution in [0.2, 0.25) is 0 Å². The number of methoxy groups -OCH3 is 2. The molecule has 0 aliphatic carbocycles. The quantitative estimate of drug-likeness (QED) is 0.454. The summed E-state index contributed by atoms with van der Waals surface area (Å²) in [7, 11) is 7.08. The number of carbonyl (C=O) groups is 1.